The summed E-state index contributed by atoms with van der Waals surface area (Å²) in [6.45, 7) is 8.38. The third kappa shape index (κ3) is 6.06. The highest BCUT2D eigenvalue weighted by Gasteiger charge is 2.25. The van der Waals surface area contributed by atoms with E-state index in [2.05, 4.69) is 10.2 Å². The molecule has 31 heavy (non-hydrogen) atoms. The van der Waals surface area contributed by atoms with Crippen LogP contribution in [0, 0.1) is 0 Å². The molecule has 1 aromatic heterocycles. The summed E-state index contributed by atoms with van der Waals surface area (Å²) in [7, 11) is 1.61. The third-order valence-corrected chi connectivity index (χ3v) is 5.97. The van der Waals surface area contributed by atoms with Gasteiger partial charge < -0.3 is 19.5 Å². The highest BCUT2D eigenvalue weighted by molar-refractivity contribution is 7.15. The van der Waals surface area contributed by atoms with Gasteiger partial charge in [0.2, 0.25) is 5.91 Å². The Hall–Kier alpha value is -2.42. The van der Waals surface area contributed by atoms with Crippen LogP contribution in [0.25, 0.3) is 11.1 Å². The normalized spacial score (nSPS) is 19.1. The Bertz CT molecular complexity index is 886. The molecule has 0 saturated carbocycles. The van der Waals surface area contributed by atoms with Crippen LogP contribution in [0.15, 0.2) is 29.6 Å². The van der Waals surface area contributed by atoms with E-state index in [1.807, 2.05) is 43.5 Å². The minimum atomic E-state index is -0.444. The van der Waals surface area contributed by atoms with E-state index in [9.17, 15) is 9.59 Å². The molecule has 1 aromatic carbocycles. The van der Waals surface area contributed by atoms with Crippen molar-refractivity contribution in [2.24, 2.45) is 0 Å². The summed E-state index contributed by atoms with van der Waals surface area (Å²) >= 11 is 1.33. The molecule has 1 amide bonds. The lowest BCUT2D eigenvalue weighted by atomic mass is 10.0. The van der Waals surface area contributed by atoms with Crippen LogP contribution in [0.4, 0.5) is 5.00 Å². The lowest BCUT2D eigenvalue weighted by Crippen LogP contribution is -2.46. The van der Waals surface area contributed by atoms with Crippen LogP contribution in [-0.2, 0) is 14.3 Å². The van der Waals surface area contributed by atoms with E-state index in [1.165, 1.54) is 11.3 Å². The summed E-state index contributed by atoms with van der Waals surface area (Å²) in [6, 6.07) is 7.45. The number of thiophene rings is 1. The van der Waals surface area contributed by atoms with Gasteiger partial charge in [0.25, 0.3) is 0 Å². The fraction of sp³-hybridized carbons (Fsp3) is 0.478. The number of hydrogen-bond donors (Lipinski definition) is 1. The smallest absolute Gasteiger partial charge is 0.341 e. The van der Waals surface area contributed by atoms with Gasteiger partial charge in [-0.1, -0.05) is 12.1 Å². The maximum absolute atomic E-state index is 12.7. The number of amides is 1. The van der Waals surface area contributed by atoms with E-state index >= 15 is 0 Å². The Kier molecular flexibility index (Phi) is 8.06. The zero-order valence-electron chi connectivity index (χ0n) is 18.5. The molecule has 1 aliphatic rings. The van der Waals surface area contributed by atoms with Crippen molar-refractivity contribution in [1.29, 1.82) is 0 Å². The van der Waals surface area contributed by atoms with Crippen LogP contribution in [0.2, 0.25) is 0 Å². The Balaban J connectivity index is 1.73. The van der Waals surface area contributed by atoms with Gasteiger partial charge in [-0.3, -0.25) is 9.69 Å². The molecular weight excluding hydrogens is 416 g/mol. The van der Waals surface area contributed by atoms with E-state index in [0.717, 1.165) is 30.0 Å². The number of esters is 1. The number of ether oxygens (including phenoxy) is 3. The molecule has 7 nitrogen and oxygen atoms in total. The van der Waals surface area contributed by atoms with Crippen LogP contribution in [0.3, 0.4) is 0 Å². The van der Waals surface area contributed by atoms with Gasteiger partial charge in [-0.2, -0.15) is 0 Å². The summed E-state index contributed by atoms with van der Waals surface area (Å²) in [4.78, 5) is 27.6. The molecule has 168 valence electrons. The van der Waals surface area contributed by atoms with Gasteiger partial charge in [0.15, 0.2) is 0 Å². The first kappa shape index (κ1) is 23.2. The predicted octanol–water partition coefficient (Wildman–Crippen LogP) is 4.04. The maximum atomic E-state index is 12.7. The van der Waals surface area contributed by atoms with Crippen LogP contribution >= 0.6 is 11.3 Å². The minimum absolute atomic E-state index is 0.125. The number of benzene rings is 1. The van der Waals surface area contributed by atoms with Crippen molar-refractivity contribution in [3.05, 3.63) is 35.2 Å². The van der Waals surface area contributed by atoms with Gasteiger partial charge in [0.05, 0.1) is 25.9 Å². The van der Waals surface area contributed by atoms with Crippen molar-refractivity contribution in [2.45, 2.75) is 39.4 Å². The first-order valence-corrected chi connectivity index (χ1v) is 11.4. The largest absolute Gasteiger partial charge is 0.497 e. The molecule has 1 N–H and O–H groups in total. The van der Waals surface area contributed by atoms with E-state index in [4.69, 9.17) is 14.2 Å². The number of nitrogens with one attached hydrogen (secondary N) is 1. The molecule has 2 aromatic rings. The van der Waals surface area contributed by atoms with Crippen molar-refractivity contribution in [2.75, 3.05) is 38.7 Å². The number of methoxy groups -OCH3 is 1. The number of anilines is 1. The average Bonchev–Trinajstić information content (AvgIpc) is 3.15. The van der Waals surface area contributed by atoms with Crippen molar-refractivity contribution >= 4 is 28.2 Å². The topological polar surface area (TPSA) is 77.1 Å². The molecule has 1 aliphatic heterocycles. The van der Waals surface area contributed by atoms with Crippen molar-refractivity contribution in [1.82, 2.24) is 4.90 Å². The molecule has 8 heteroatoms. The molecule has 0 unspecified atom stereocenters. The quantitative estimate of drug-likeness (QED) is 0.617. The number of morpholine rings is 1. The highest BCUT2D eigenvalue weighted by Crippen LogP contribution is 2.37. The second kappa shape index (κ2) is 10.7. The first-order valence-electron chi connectivity index (χ1n) is 10.5. The molecule has 3 rings (SSSR count). The fourth-order valence-electron chi connectivity index (χ4n) is 3.75. The Morgan fingerprint density at radius 2 is 1.87 bits per heavy atom. The predicted molar refractivity (Wildman–Crippen MR) is 122 cm³/mol. The molecule has 0 radical (unpaired) electrons. The van der Waals surface area contributed by atoms with E-state index in [-0.39, 0.29) is 24.7 Å². The lowest BCUT2D eigenvalue weighted by molar-refractivity contribution is -0.117. The number of nitrogens with zero attached hydrogens (tertiary/aromatic N) is 1. The summed E-state index contributed by atoms with van der Waals surface area (Å²) in [5.41, 5.74) is 1.98. The summed E-state index contributed by atoms with van der Waals surface area (Å²) < 4.78 is 16.2. The summed E-state index contributed by atoms with van der Waals surface area (Å²) in [6.07, 6.45) is 0.662. The van der Waals surface area contributed by atoms with Gasteiger partial charge in [0.1, 0.15) is 16.3 Å². The maximum Gasteiger partial charge on any atom is 0.341 e. The van der Waals surface area contributed by atoms with Crippen LogP contribution < -0.4 is 10.1 Å². The second-order valence-corrected chi connectivity index (χ2v) is 8.50. The molecule has 0 aliphatic carbocycles. The second-order valence-electron chi connectivity index (χ2n) is 7.62. The van der Waals surface area contributed by atoms with Gasteiger partial charge >= 0.3 is 5.97 Å². The van der Waals surface area contributed by atoms with Gasteiger partial charge in [-0.25, -0.2) is 4.79 Å². The highest BCUT2D eigenvalue weighted by atomic mass is 32.1. The Labute approximate surface area is 187 Å². The van der Waals surface area contributed by atoms with Crippen LogP contribution in [0.5, 0.6) is 5.75 Å². The molecule has 1 fully saturated rings. The van der Waals surface area contributed by atoms with Crippen LogP contribution in [-0.4, -0.2) is 62.3 Å². The zero-order valence-corrected chi connectivity index (χ0v) is 19.3. The Morgan fingerprint density at radius 3 is 2.48 bits per heavy atom. The first-order chi connectivity index (χ1) is 14.9. The molecule has 2 atom stereocenters. The summed E-state index contributed by atoms with van der Waals surface area (Å²) in [5.74, 6) is 0.165. The standard InChI is InChI=1S/C23H30N2O5S/c1-5-29-23(27)21-19(17-6-8-18(28-4)9-7-17)14-31-22(21)24-20(26)10-11-25-12-15(2)30-16(3)13-25/h6-9,14-16H,5,10-13H2,1-4H3,(H,24,26)/t15-,16-/m0/s1. The van der Waals surface area contributed by atoms with Crippen molar-refractivity contribution in [3.8, 4) is 16.9 Å². The molecule has 0 bridgehead atoms. The molecule has 1 saturated heterocycles. The number of carbonyl (C=O) groups is 2. The molecular formula is C23H30N2O5S. The fourth-order valence-corrected chi connectivity index (χ4v) is 4.73. The SMILES string of the molecule is CCOC(=O)c1c(-c2ccc(OC)cc2)csc1NC(=O)CCN1C[C@H](C)O[C@@H](C)C1. The van der Waals surface area contributed by atoms with Crippen LogP contribution in [0.1, 0.15) is 37.6 Å². The lowest BCUT2D eigenvalue weighted by Gasteiger charge is -2.35. The monoisotopic (exact) mass is 446 g/mol. The van der Waals surface area contributed by atoms with Gasteiger partial charge in [-0.05, 0) is 38.5 Å². The van der Waals surface area contributed by atoms with E-state index < -0.39 is 5.97 Å². The zero-order chi connectivity index (χ0) is 22.4. The number of carbonyl (C=O) groups excluding carboxylic acids is 2. The van der Waals surface area contributed by atoms with Crippen molar-refractivity contribution in [3.63, 3.8) is 0 Å². The van der Waals surface area contributed by atoms with Gasteiger partial charge in [-0.15, -0.1) is 11.3 Å². The van der Waals surface area contributed by atoms with E-state index in [0.29, 0.717) is 23.5 Å². The van der Waals surface area contributed by atoms with E-state index in [1.54, 1.807) is 14.0 Å². The van der Waals surface area contributed by atoms with Gasteiger partial charge in [0, 0.05) is 37.0 Å². The number of hydrogen-bond acceptors (Lipinski definition) is 7. The third-order valence-electron chi connectivity index (χ3n) is 5.07. The molecule has 2 heterocycles. The number of rotatable bonds is 8. The van der Waals surface area contributed by atoms with Crippen molar-refractivity contribution < 1.29 is 23.8 Å². The Morgan fingerprint density at radius 1 is 1.19 bits per heavy atom. The molecule has 0 spiro atoms. The summed E-state index contributed by atoms with van der Waals surface area (Å²) in [5, 5.41) is 5.30. The average molecular weight is 447 g/mol. The minimum Gasteiger partial charge on any atom is -0.497 e.